The Balaban J connectivity index is 1.33. The predicted molar refractivity (Wildman–Crippen MR) is 124 cm³/mol. The standard InChI is InChI=1S/C22H24ClN3O3S2/c1-16-2-4-17(5-3-16)15-26-11-8-18(9-12-26)29-21-7-6-19(14-20(21)23)31(27,28)25-22-24-10-13-30-22/h2-7,10,13-14,18H,8-9,11-12,15H2,1H3,(H,24,25). The third kappa shape index (κ3) is 5.77. The number of hydrogen-bond acceptors (Lipinski definition) is 6. The number of halogens is 1. The highest BCUT2D eigenvalue weighted by atomic mass is 35.5. The number of nitrogens with one attached hydrogen (secondary N) is 1. The van der Waals surface area contributed by atoms with E-state index in [0.717, 1.165) is 32.5 Å². The highest BCUT2D eigenvalue weighted by Gasteiger charge is 2.23. The lowest BCUT2D eigenvalue weighted by Gasteiger charge is -2.32. The first-order valence-electron chi connectivity index (χ1n) is 10.1. The van der Waals surface area contributed by atoms with Crippen LogP contribution in [0.25, 0.3) is 0 Å². The second-order valence-corrected chi connectivity index (χ2v) is 10.6. The molecule has 4 rings (SSSR count). The maximum Gasteiger partial charge on any atom is 0.263 e. The summed E-state index contributed by atoms with van der Waals surface area (Å²) in [6.07, 6.45) is 3.39. The Kier molecular flexibility index (Phi) is 6.81. The van der Waals surface area contributed by atoms with Gasteiger partial charge in [-0.3, -0.25) is 9.62 Å². The van der Waals surface area contributed by atoms with Gasteiger partial charge in [0.15, 0.2) is 5.13 Å². The highest BCUT2D eigenvalue weighted by molar-refractivity contribution is 7.93. The maximum absolute atomic E-state index is 12.5. The van der Waals surface area contributed by atoms with Crippen molar-refractivity contribution in [3.63, 3.8) is 0 Å². The molecule has 1 fully saturated rings. The van der Waals surface area contributed by atoms with Crippen LogP contribution in [0.3, 0.4) is 0 Å². The van der Waals surface area contributed by atoms with Gasteiger partial charge in [-0.25, -0.2) is 13.4 Å². The Bertz CT molecular complexity index is 1110. The van der Waals surface area contributed by atoms with Crippen LogP contribution in [0.2, 0.25) is 5.02 Å². The van der Waals surface area contributed by atoms with Gasteiger partial charge in [0.05, 0.1) is 9.92 Å². The molecule has 1 aliphatic heterocycles. The Morgan fingerprint density at radius 1 is 1.19 bits per heavy atom. The van der Waals surface area contributed by atoms with Gasteiger partial charge in [-0.15, -0.1) is 11.3 Å². The number of aryl methyl sites for hydroxylation is 1. The molecule has 3 aromatic rings. The van der Waals surface area contributed by atoms with Crippen molar-refractivity contribution < 1.29 is 13.2 Å². The summed E-state index contributed by atoms with van der Waals surface area (Å²) in [7, 11) is -3.74. The van der Waals surface area contributed by atoms with E-state index in [0.29, 0.717) is 10.9 Å². The Morgan fingerprint density at radius 3 is 2.58 bits per heavy atom. The normalized spacial score (nSPS) is 15.7. The van der Waals surface area contributed by atoms with E-state index in [-0.39, 0.29) is 16.0 Å². The van der Waals surface area contributed by atoms with Crippen LogP contribution in [0, 0.1) is 6.92 Å². The average Bonchev–Trinajstić information content (AvgIpc) is 3.25. The number of thiazole rings is 1. The number of piperidine rings is 1. The summed E-state index contributed by atoms with van der Waals surface area (Å²) in [6, 6.07) is 13.2. The fourth-order valence-corrected chi connectivity index (χ4v) is 5.61. The number of anilines is 1. The number of nitrogens with zero attached hydrogens (tertiary/aromatic N) is 2. The van der Waals surface area contributed by atoms with Crippen molar-refractivity contribution in [2.24, 2.45) is 0 Å². The minimum absolute atomic E-state index is 0.0580. The van der Waals surface area contributed by atoms with E-state index in [1.165, 1.54) is 34.6 Å². The lowest BCUT2D eigenvalue weighted by Crippen LogP contribution is -2.37. The van der Waals surface area contributed by atoms with Crippen molar-refractivity contribution in [2.75, 3.05) is 17.8 Å². The molecule has 0 spiro atoms. The maximum atomic E-state index is 12.5. The van der Waals surface area contributed by atoms with Crippen LogP contribution in [-0.2, 0) is 16.6 Å². The van der Waals surface area contributed by atoms with Gasteiger partial charge < -0.3 is 4.74 Å². The third-order valence-electron chi connectivity index (χ3n) is 5.22. The van der Waals surface area contributed by atoms with E-state index in [1.54, 1.807) is 17.6 Å². The van der Waals surface area contributed by atoms with Crippen molar-refractivity contribution in [2.45, 2.75) is 37.3 Å². The van der Waals surface area contributed by atoms with Gasteiger partial charge in [-0.1, -0.05) is 41.4 Å². The second kappa shape index (κ2) is 9.56. The quantitative estimate of drug-likeness (QED) is 0.521. The zero-order valence-electron chi connectivity index (χ0n) is 17.1. The van der Waals surface area contributed by atoms with E-state index >= 15 is 0 Å². The van der Waals surface area contributed by atoms with Gasteiger partial charge in [-0.2, -0.15) is 0 Å². The molecule has 9 heteroatoms. The summed E-state index contributed by atoms with van der Waals surface area (Å²) in [6.45, 7) is 4.92. The average molecular weight is 478 g/mol. The van der Waals surface area contributed by atoms with Gasteiger partial charge in [0, 0.05) is 31.2 Å². The third-order valence-corrected chi connectivity index (χ3v) is 7.67. The number of ether oxygens (including phenoxy) is 1. The first-order valence-corrected chi connectivity index (χ1v) is 12.8. The molecular formula is C22H24ClN3O3S2. The molecule has 0 amide bonds. The van der Waals surface area contributed by atoms with Crippen LogP contribution in [0.5, 0.6) is 5.75 Å². The molecule has 2 aromatic carbocycles. The summed E-state index contributed by atoms with van der Waals surface area (Å²) in [5.74, 6) is 0.506. The van der Waals surface area contributed by atoms with E-state index in [9.17, 15) is 8.42 Å². The molecule has 164 valence electrons. The van der Waals surface area contributed by atoms with Crippen LogP contribution >= 0.6 is 22.9 Å². The number of benzene rings is 2. The van der Waals surface area contributed by atoms with E-state index < -0.39 is 10.0 Å². The number of likely N-dealkylation sites (tertiary alicyclic amines) is 1. The molecule has 6 nitrogen and oxygen atoms in total. The summed E-state index contributed by atoms with van der Waals surface area (Å²) >= 11 is 7.56. The van der Waals surface area contributed by atoms with E-state index in [2.05, 4.69) is 45.8 Å². The number of rotatable bonds is 7. The first-order chi connectivity index (χ1) is 14.9. The first kappa shape index (κ1) is 22.1. The fourth-order valence-electron chi connectivity index (χ4n) is 3.51. The van der Waals surface area contributed by atoms with Gasteiger partial charge in [0.1, 0.15) is 11.9 Å². The predicted octanol–water partition coefficient (Wildman–Crippen LogP) is 4.95. The minimum atomic E-state index is -3.74. The molecule has 2 heterocycles. The van der Waals surface area contributed by atoms with Crippen LogP contribution < -0.4 is 9.46 Å². The topological polar surface area (TPSA) is 71.5 Å². The van der Waals surface area contributed by atoms with Crippen molar-refractivity contribution >= 4 is 38.1 Å². The zero-order chi connectivity index (χ0) is 21.8. The molecule has 1 aliphatic rings. The van der Waals surface area contributed by atoms with E-state index in [1.807, 2.05) is 0 Å². The smallest absolute Gasteiger partial charge is 0.263 e. The number of hydrogen-bond donors (Lipinski definition) is 1. The van der Waals surface area contributed by atoms with Crippen molar-refractivity contribution in [3.8, 4) is 5.75 Å². The van der Waals surface area contributed by atoms with Crippen molar-refractivity contribution in [1.82, 2.24) is 9.88 Å². The molecular weight excluding hydrogens is 454 g/mol. The van der Waals surface area contributed by atoms with Crippen LogP contribution in [0.4, 0.5) is 5.13 Å². The molecule has 1 aromatic heterocycles. The lowest BCUT2D eigenvalue weighted by atomic mass is 10.1. The summed E-state index contributed by atoms with van der Waals surface area (Å²) in [5.41, 5.74) is 2.58. The van der Waals surface area contributed by atoms with Gasteiger partial charge >= 0.3 is 0 Å². The zero-order valence-corrected chi connectivity index (χ0v) is 19.5. The SMILES string of the molecule is Cc1ccc(CN2CCC(Oc3ccc(S(=O)(=O)Nc4nccs4)cc3Cl)CC2)cc1. The number of sulfonamides is 1. The van der Waals surface area contributed by atoms with Gasteiger partial charge in [0.2, 0.25) is 0 Å². The molecule has 0 atom stereocenters. The second-order valence-electron chi connectivity index (χ2n) is 7.61. The summed E-state index contributed by atoms with van der Waals surface area (Å²) in [5, 5.41) is 2.30. The Morgan fingerprint density at radius 2 is 1.94 bits per heavy atom. The van der Waals surface area contributed by atoms with Gasteiger partial charge in [-0.05, 0) is 43.5 Å². The largest absolute Gasteiger partial charge is 0.489 e. The number of aromatic nitrogens is 1. The van der Waals surface area contributed by atoms with Crippen LogP contribution in [0.1, 0.15) is 24.0 Å². The monoisotopic (exact) mass is 477 g/mol. The minimum Gasteiger partial charge on any atom is -0.489 e. The van der Waals surface area contributed by atoms with Crippen LogP contribution in [0.15, 0.2) is 58.9 Å². The molecule has 0 bridgehead atoms. The summed E-state index contributed by atoms with van der Waals surface area (Å²) < 4.78 is 33.6. The van der Waals surface area contributed by atoms with Crippen molar-refractivity contribution in [3.05, 3.63) is 70.2 Å². The van der Waals surface area contributed by atoms with Crippen molar-refractivity contribution in [1.29, 1.82) is 0 Å². The lowest BCUT2D eigenvalue weighted by molar-refractivity contribution is 0.0968. The Labute approximate surface area is 191 Å². The molecule has 1 saturated heterocycles. The molecule has 0 radical (unpaired) electrons. The van der Waals surface area contributed by atoms with Crippen LogP contribution in [-0.4, -0.2) is 37.5 Å². The highest BCUT2D eigenvalue weighted by Crippen LogP contribution is 2.31. The van der Waals surface area contributed by atoms with Gasteiger partial charge in [0.25, 0.3) is 10.0 Å². The summed E-state index contributed by atoms with van der Waals surface area (Å²) in [4.78, 5) is 6.45. The molecule has 31 heavy (non-hydrogen) atoms. The van der Waals surface area contributed by atoms with E-state index in [4.69, 9.17) is 16.3 Å². The molecule has 0 unspecified atom stereocenters. The fraction of sp³-hybridized carbons (Fsp3) is 0.318. The molecule has 0 aliphatic carbocycles. The Hall–Kier alpha value is -2.13. The molecule has 1 N–H and O–H groups in total. The molecule has 0 saturated carbocycles.